The van der Waals surface area contributed by atoms with Crippen LogP contribution in [0.5, 0.6) is 0 Å². The van der Waals surface area contributed by atoms with E-state index in [1.807, 2.05) is 0 Å². The van der Waals surface area contributed by atoms with Crippen LogP contribution in [0.25, 0.3) is 0 Å². The van der Waals surface area contributed by atoms with Crippen LogP contribution in [-0.4, -0.2) is 12.1 Å². The van der Waals surface area contributed by atoms with Gasteiger partial charge in [-0.15, -0.1) is 0 Å². The van der Waals surface area contributed by atoms with Gasteiger partial charge in [0.15, 0.2) is 0 Å². The van der Waals surface area contributed by atoms with E-state index >= 15 is 0 Å². The quantitative estimate of drug-likeness (QED) is 0.532. The second-order valence-corrected chi connectivity index (χ2v) is 2.48. The van der Waals surface area contributed by atoms with Gasteiger partial charge in [-0.2, -0.15) is 0 Å². The molecule has 1 aliphatic rings. The Morgan fingerprint density at radius 3 is 3.09 bits per heavy atom. The Labute approximate surface area is 63.8 Å². The van der Waals surface area contributed by atoms with Gasteiger partial charge >= 0.3 is 7.12 Å². The second-order valence-electron chi connectivity index (χ2n) is 2.48. The molecule has 0 aliphatic carbocycles. The van der Waals surface area contributed by atoms with Gasteiger partial charge in [0.25, 0.3) is 0 Å². The molecule has 2 rings (SSSR count). The fourth-order valence-corrected chi connectivity index (χ4v) is 1.24. The molecule has 1 heterocycles. The molecule has 0 saturated heterocycles. The molecule has 0 aromatic heterocycles. The van der Waals surface area contributed by atoms with E-state index < -0.39 is 12.9 Å². The molecule has 0 amide bonds. The molecule has 1 aliphatic heterocycles. The summed E-state index contributed by atoms with van der Waals surface area (Å²) in [4.78, 5) is 0. The lowest BCUT2D eigenvalue weighted by Crippen LogP contribution is -2.30. The molecule has 0 atom stereocenters. The molecule has 2 nitrogen and oxygen atoms in total. The molecule has 56 valence electrons. The maximum absolute atomic E-state index is 12.9. The van der Waals surface area contributed by atoms with E-state index in [0.717, 1.165) is 5.56 Å². The van der Waals surface area contributed by atoms with Gasteiger partial charge in [-0.25, -0.2) is 4.39 Å². The minimum atomic E-state index is -1.08. The lowest BCUT2D eigenvalue weighted by Gasteiger charge is -1.97. The van der Waals surface area contributed by atoms with Gasteiger partial charge in [-0.05, 0) is 11.6 Å². The average Bonchev–Trinajstić information content (AvgIpc) is 2.34. The zero-order valence-corrected chi connectivity index (χ0v) is 5.75. The summed E-state index contributed by atoms with van der Waals surface area (Å²) in [7, 11) is -1.08. The van der Waals surface area contributed by atoms with Crippen LogP contribution >= 0.6 is 0 Å². The Balaban J connectivity index is 2.58. The number of hydrogen-bond acceptors (Lipinski definition) is 2. The van der Waals surface area contributed by atoms with Crippen LogP contribution in [0.4, 0.5) is 4.39 Å². The second kappa shape index (κ2) is 2.32. The first kappa shape index (κ1) is 6.82. The van der Waals surface area contributed by atoms with Crippen molar-refractivity contribution in [3.05, 3.63) is 29.6 Å². The molecule has 0 unspecified atom stereocenters. The highest BCUT2D eigenvalue weighted by Gasteiger charge is 2.29. The van der Waals surface area contributed by atoms with Crippen LogP contribution in [0, 0.1) is 5.82 Å². The van der Waals surface area contributed by atoms with Gasteiger partial charge in [0.2, 0.25) is 0 Å². The topological polar surface area (TPSA) is 29.5 Å². The molecule has 11 heavy (non-hydrogen) atoms. The van der Waals surface area contributed by atoms with Crippen molar-refractivity contribution in [1.29, 1.82) is 0 Å². The maximum atomic E-state index is 12.9. The minimum Gasteiger partial charge on any atom is -0.423 e. The van der Waals surface area contributed by atoms with E-state index in [1.54, 1.807) is 12.1 Å². The number of fused-ring (bicyclic) bond motifs is 1. The third-order valence-corrected chi connectivity index (χ3v) is 1.79. The van der Waals surface area contributed by atoms with Crippen LogP contribution in [0.15, 0.2) is 18.2 Å². The molecule has 0 spiro atoms. The lowest BCUT2D eigenvalue weighted by molar-refractivity contribution is 0.275. The van der Waals surface area contributed by atoms with Crippen LogP contribution < -0.4 is 5.46 Å². The average molecular weight is 152 g/mol. The molecular weight excluding hydrogens is 146 g/mol. The van der Waals surface area contributed by atoms with E-state index in [-0.39, 0.29) is 5.46 Å². The van der Waals surface area contributed by atoms with Crippen molar-refractivity contribution in [1.82, 2.24) is 0 Å². The smallest absolute Gasteiger partial charge is 0.423 e. The molecule has 0 bridgehead atoms. The SMILES string of the molecule is OB1OCc2cccc(F)c21. The van der Waals surface area contributed by atoms with E-state index in [2.05, 4.69) is 0 Å². The Morgan fingerprint density at radius 2 is 2.36 bits per heavy atom. The van der Waals surface area contributed by atoms with Gasteiger partial charge in [-0.3, -0.25) is 0 Å². The lowest BCUT2D eigenvalue weighted by atomic mass is 9.79. The normalized spacial score (nSPS) is 15.3. The monoisotopic (exact) mass is 152 g/mol. The van der Waals surface area contributed by atoms with E-state index in [1.165, 1.54) is 6.07 Å². The predicted molar refractivity (Wildman–Crippen MR) is 38.8 cm³/mol. The highest BCUT2D eigenvalue weighted by Crippen LogP contribution is 2.10. The molecule has 1 aromatic carbocycles. The van der Waals surface area contributed by atoms with Gasteiger partial charge in [0.05, 0.1) is 6.61 Å². The molecule has 0 radical (unpaired) electrons. The van der Waals surface area contributed by atoms with Crippen molar-refractivity contribution in [3.63, 3.8) is 0 Å². The fourth-order valence-electron chi connectivity index (χ4n) is 1.24. The number of halogens is 1. The molecular formula is C7H6BFO2. The zero-order chi connectivity index (χ0) is 7.84. The molecule has 0 saturated carbocycles. The van der Waals surface area contributed by atoms with Crippen molar-refractivity contribution >= 4 is 12.6 Å². The van der Waals surface area contributed by atoms with Crippen LogP contribution in [0.1, 0.15) is 5.56 Å². The van der Waals surface area contributed by atoms with E-state index in [9.17, 15) is 4.39 Å². The first-order chi connectivity index (χ1) is 5.29. The summed E-state index contributed by atoms with van der Waals surface area (Å²) in [5, 5.41) is 9.10. The summed E-state index contributed by atoms with van der Waals surface area (Å²) in [5.41, 5.74) is 1.02. The molecule has 1 aromatic rings. The third-order valence-electron chi connectivity index (χ3n) is 1.79. The van der Waals surface area contributed by atoms with Crippen molar-refractivity contribution in [2.45, 2.75) is 6.61 Å². The fraction of sp³-hybridized carbons (Fsp3) is 0.143. The highest BCUT2D eigenvalue weighted by molar-refractivity contribution is 6.61. The first-order valence-electron chi connectivity index (χ1n) is 3.36. The van der Waals surface area contributed by atoms with Crippen molar-refractivity contribution in [3.8, 4) is 0 Å². The largest absolute Gasteiger partial charge is 0.494 e. The summed E-state index contributed by atoms with van der Waals surface area (Å²) in [6, 6.07) is 4.67. The van der Waals surface area contributed by atoms with Gasteiger partial charge in [0.1, 0.15) is 5.82 Å². The van der Waals surface area contributed by atoms with Crippen molar-refractivity contribution < 1.29 is 14.1 Å². The van der Waals surface area contributed by atoms with Crippen molar-refractivity contribution in [2.75, 3.05) is 0 Å². The van der Waals surface area contributed by atoms with E-state index in [0.29, 0.717) is 6.61 Å². The number of benzene rings is 1. The number of hydrogen-bond donors (Lipinski definition) is 1. The Kier molecular flexibility index (Phi) is 1.44. The van der Waals surface area contributed by atoms with Gasteiger partial charge < -0.3 is 9.68 Å². The minimum absolute atomic E-state index is 0.285. The summed E-state index contributed by atoms with van der Waals surface area (Å²) in [6.07, 6.45) is 0. The van der Waals surface area contributed by atoms with E-state index in [4.69, 9.17) is 9.68 Å². The van der Waals surface area contributed by atoms with Crippen LogP contribution in [0.2, 0.25) is 0 Å². The number of rotatable bonds is 0. The van der Waals surface area contributed by atoms with Crippen LogP contribution in [-0.2, 0) is 11.3 Å². The Hall–Kier alpha value is -0.865. The predicted octanol–water partition coefficient (Wildman–Crippen LogP) is 0.0434. The zero-order valence-electron chi connectivity index (χ0n) is 5.75. The maximum Gasteiger partial charge on any atom is 0.494 e. The van der Waals surface area contributed by atoms with Crippen LogP contribution in [0.3, 0.4) is 0 Å². The Morgan fingerprint density at radius 1 is 1.55 bits per heavy atom. The first-order valence-corrected chi connectivity index (χ1v) is 3.36. The standard InChI is InChI=1S/C7H6BFO2/c9-6-3-1-2-5-4-11-8(10)7(5)6/h1-3,10H,4H2. The summed E-state index contributed by atoms with van der Waals surface area (Å²) < 4.78 is 17.7. The van der Waals surface area contributed by atoms with Gasteiger partial charge in [0, 0.05) is 5.46 Å². The summed E-state index contributed by atoms with van der Waals surface area (Å²) in [6.45, 7) is 0.300. The molecule has 0 fully saturated rings. The summed E-state index contributed by atoms with van der Waals surface area (Å²) in [5.74, 6) is -0.396. The Bertz CT molecular complexity index is 290. The molecule has 4 heteroatoms. The van der Waals surface area contributed by atoms with Gasteiger partial charge in [-0.1, -0.05) is 12.1 Å². The van der Waals surface area contributed by atoms with Crippen molar-refractivity contribution in [2.24, 2.45) is 0 Å². The summed E-state index contributed by atoms with van der Waals surface area (Å²) >= 11 is 0. The molecule has 1 N–H and O–H groups in total. The highest BCUT2D eigenvalue weighted by atomic mass is 19.1. The third kappa shape index (κ3) is 0.949.